The van der Waals surface area contributed by atoms with Gasteiger partial charge in [0, 0.05) is 25.3 Å². The lowest BCUT2D eigenvalue weighted by molar-refractivity contribution is -0.204. The van der Waals surface area contributed by atoms with Gasteiger partial charge in [0.2, 0.25) is 5.92 Å². The number of carbonyl (C=O) groups is 2. The average Bonchev–Trinajstić information content (AvgIpc) is 3.51. The molecule has 3 amide bonds. The number of amides is 3. The van der Waals surface area contributed by atoms with E-state index < -0.39 is 61.3 Å². The van der Waals surface area contributed by atoms with E-state index in [1.54, 1.807) is 0 Å². The monoisotopic (exact) mass is 600 g/mol. The Morgan fingerprint density at radius 1 is 1.10 bits per heavy atom. The highest BCUT2D eigenvalue weighted by Gasteiger charge is 2.59. The maximum atomic E-state index is 14.1. The first-order valence-corrected chi connectivity index (χ1v) is 13.5. The molecule has 2 aliphatic carbocycles. The summed E-state index contributed by atoms with van der Waals surface area (Å²) in [5.74, 6) is -12.6. The summed E-state index contributed by atoms with van der Waals surface area (Å²) >= 11 is 0. The Morgan fingerprint density at radius 3 is 2.55 bits per heavy atom. The van der Waals surface area contributed by atoms with E-state index >= 15 is 0 Å². The second-order valence-corrected chi connectivity index (χ2v) is 11.2. The number of nitrogens with zero attached hydrogens (tertiary/aromatic N) is 6. The summed E-state index contributed by atoms with van der Waals surface area (Å²) < 4.78 is 89.8. The van der Waals surface area contributed by atoms with Crippen molar-refractivity contribution in [2.75, 3.05) is 13.1 Å². The number of aromatic nitrogens is 5. The highest BCUT2D eigenvalue weighted by atomic mass is 19.3. The molecule has 226 valence electrons. The quantitative estimate of drug-likeness (QED) is 0.391. The third-order valence-electron chi connectivity index (χ3n) is 7.97. The molecule has 0 spiro atoms. The minimum absolute atomic E-state index is 0.0194. The number of halogens is 6. The molecule has 4 heterocycles. The first-order valence-electron chi connectivity index (χ1n) is 13.5. The van der Waals surface area contributed by atoms with E-state index in [1.807, 2.05) is 5.32 Å². The van der Waals surface area contributed by atoms with E-state index in [0.717, 1.165) is 12.8 Å². The number of alkyl halides is 6. The molecular formula is C25H26F6N8O3. The minimum Gasteiger partial charge on any atom is -0.342 e. The number of fused-ring (bicyclic) bond motifs is 1. The molecule has 3 aliphatic rings. The Kier molecular flexibility index (Phi) is 6.79. The Hall–Kier alpha value is -3.92. The van der Waals surface area contributed by atoms with Crippen LogP contribution in [0.5, 0.6) is 0 Å². The summed E-state index contributed by atoms with van der Waals surface area (Å²) in [6.07, 6.45) is 3.96. The molecule has 0 bridgehead atoms. The van der Waals surface area contributed by atoms with Crippen LogP contribution in [0.3, 0.4) is 0 Å². The van der Waals surface area contributed by atoms with Crippen molar-refractivity contribution in [3.05, 3.63) is 41.1 Å². The Morgan fingerprint density at radius 2 is 1.83 bits per heavy atom. The van der Waals surface area contributed by atoms with Crippen LogP contribution < -0.4 is 10.6 Å². The van der Waals surface area contributed by atoms with Crippen molar-refractivity contribution >= 4 is 17.6 Å². The Balaban J connectivity index is 1.26. The molecule has 6 rings (SSSR count). The summed E-state index contributed by atoms with van der Waals surface area (Å²) in [5, 5.41) is 16.4. The zero-order chi connectivity index (χ0) is 29.9. The summed E-state index contributed by atoms with van der Waals surface area (Å²) in [6.45, 7) is -3.45. The van der Waals surface area contributed by atoms with Crippen LogP contribution >= 0.6 is 0 Å². The number of hydrogen-bond donors (Lipinski definition) is 2. The maximum Gasteiger partial charge on any atom is 0.329 e. The van der Waals surface area contributed by atoms with Crippen molar-refractivity contribution in [1.29, 1.82) is 0 Å². The van der Waals surface area contributed by atoms with E-state index in [0.29, 0.717) is 16.3 Å². The van der Waals surface area contributed by atoms with Crippen LogP contribution in [0, 0.1) is 5.92 Å². The summed E-state index contributed by atoms with van der Waals surface area (Å²) in [6, 6.07) is -0.452. The fourth-order valence-corrected chi connectivity index (χ4v) is 5.39. The van der Waals surface area contributed by atoms with Gasteiger partial charge >= 0.3 is 17.9 Å². The summed E-state index contributed by atoms with van der Waals surface area (Å²) in [7, 11) is 0. The number of hydrogen-bond acceptors (Lipinski definition) is 7. The van der Waals surface area contributed by atoms with Crippen LogP contribution in [-0.4, -0.2) is 72.6 Å². The zero-order valence-electron chi connectivity index (χ0n) is 22.0. The van der Waals surface area contributed by atoms with Crippen LogP contribution in [0.2, 0.25) is 0 Å². The average molecular weight is 601 g/mol. The topological polar surface area (TPSA) is 131 Å². The highest BCUT2D eigenvalue weighted by Crippen LogP contribution is 2.43. The molecule has 2 N–H and O–H groups in total. The van der Waals surface area contributed by atoms with E-state index in [4.69, 9.17) is 4.63 Å². The van der Waals surface area contributed by atoms with Crippen molar-refractivity contribution in [3.8, 4) is 0 Å². The van der Waals surface area contributed by atoms with E-state index in [9.17, 15) is 35.9 Å². The third kappa shape index (κ3) is 5.47. The van der Waals surface area contributed by atoms with Gasteiger partial charge in [-0.2, -0.15) is 22.7 Å². The maximum absolute atomic E-state index is 14.1. The van der Waals surface area contributed by atoms with Gasteiger partial charge in [0.05, 0.1) is 37.2 Å². The fraction of sp³-hybridized carbons (Fsp3) is 0.600. The van der Waals surface area contributed by atoms with Crippen LogP contribution in [0.1, 0.15) is 77.9 Å². The van der Waals surface area contributed by atoms with Crippen molar-refractivity contribution in [2.45, 2.75) is 74.8 Å². The summed E-state index contributed by atoms with van der Waals surface area (Å²) in [5.41, 5.74) is 1.20. The van der Waals surface area contributed by atoms with Gasteiger partial charge in [-0.05, 0) is 48.4 Å². The normalized spacial score (nSPS) is 22.9. The molecule has 3 fully saturated rings. The van der Waals surface area contributed by atoms with Gasteiger partial charge in [-0.3, -0.25) is 4.79 Å². The first-order chi connectivity index (χ1) is 19.8. The smallest absolute Gasteiger partial charge is 0.329 e. The number of nitrogens with one attached hydrogen (secondary N) is 2. The SMILES string of the molecule is O=C(NC(c1cn2ncc(CN3CC(F)(F)C(F)(F)CNC3=O)cc2n1)C1CCC(F)(F)CC1)c1nonc1C1CC1. The largest absolute Gasteiger partial charge is 0.342 e. The van der Waals surface area contributed by atoms with Crippen LogP contribution in [0.15, 0.2) is 23.1 Å². The molecule has 1 aliphatic heterocycles. The predicted molar refractivity (Wildman–Crippen MR) is 130 cm³/mol. The van der Waals surface area contributed by atoms with Crippen LogP contribution in [0.4, 0.5) is 31.1 Å². The molecule has 0 aromatic carbocycles. The Bertz CT molecular complexity index is 1500. The van der Waals surface area contributed by atoms with Gasteiger partial charge in [0.15, 0.2) is 11.3 Å². The van der Waals surface area contributed by atoms with E-state index in [2.05, 4.69) is 25.7 Å². The first kappa shape index (κ1) is 28.2. The second-order valence-electron chi connectivity index (χ2n) is 11.2. The van der Waals surface area contributed by atoms with E-state index in [1.165, 1.54) is 23.0 Å². The second kappa shape index (κ2) is 10.1. The van der Waals surface area contributed by atoms with Gasteiger partial charge in [0.1, 0.15) is 5.69 Å². The van der Waals surface area contributed by atoms with Crippen LogP contribution in [-0.2, 0) is 6.54 Å². The molecule has 17 heteroatoms. The summed E-state index contributed by atoms with van der Waals surface area (Å²) in [4.78, 5) is 30.6. The third-order valence-corrected chi connectivity index (χ3v) is 7.97. The lowest BCUT2D eigenvalue weighted by Crippen LogP contribution is -2.48. The van der Waals surface area contributed by atoms with Gasteiger partial charge in [-0.15, -0.1) is 0 Å². The van der Waals surface area contributed by atoms with Gasteiger partial charge < -0.3 is 15.5 Å². The van der Waals surface area contributed by atoms with Crippen molar-refractivity contribution in [2.24, 2.45) is 5.92 Å². The molecule has 3 aromatic heterocycles. The molecule has 11 nitrogen and oxygen atoms in total. The van der Waals surface area contributed by atoms with Crippen molar-refractivity contribution < 1.29 is 40.6 Å². The number of urea groups is 1. The Labute approximate surface area is 234 Å². The molecular weight excluding hydrogens is 574 g/mol. The fourth-order valence-electron chi connectivity index (χ4n) is 5.39. The lowest BCUT2D eigenvalue weighted by atomic mass is 9.81. The molecule has 3 aromatic rings. The number of rotatable bonds is 7. The zero-order valence-corrected chi connectivity index (χ0v) is 22.0. The molecule has 0 radical (unpaired) electrons. The van der Waals surface area contributed by atoms with Gasteiger partial charge in [-0.1, -0.05) is 5.16 Å². The lowest BCUT2D eigenvalue weighted by Gasteiger charge is -2.33. The molecule has 1 unspecified atom stereocenters. The minimum atomic E-state index is -4.45. The van der Waals surface area contributed by atoms with Crippen LogP contribution in [0.25, 0.3) is 5.65 Å². The van der Waals surface area contributed by atoms with Gasteiger partial charge in [-0.25, -0.2) is 27.7 Å². The molecule has 1 atom stereocenters. The van der Waals surface area contributed by atoms with E-state index in [-0.39, 0.29) is 48.5 Å². The standard InChI is InChI=1S/C25H26F6N8O3/c26-23(27)5-3-15(4-6-23)18(35-21(40)20-19(14-1-2-14)36-42-37-20)16-10-39-17(34-16)7-13(8-33-39)9-38-12-25(30,31)24(28,29)11-32-22(38)41/h7-8,10,14-15,18H,1-6,9,11-12H2,(H,32,41)(H,35,40). The van der Waals surface area contributed by atoms with Crippen molar-refractivity contribution in [3.63, 3.8) is 0 Å². The number of imidazole rings is 1. The van der Waals surface area contributed by atoms with Crippen molar-refractivity contribution in [1.82, 2.24) is 40.4 Å². The highest BCUT2D eigenvalue weighted by molar-refractivity contribution is 5.93. The molecule has 2 saturated carbocycles. The molecule has 42 heavy (non-hydrogen) atoms. The van der Waals surface area contributed by atoms with Gasteiger partial charge in [0.25, 0.3) is 5.91 Å². The number of carbonyl (C=O) groups excluding carboxylic acids is 2. The molecule has 1 saturated heterocycles. The predicted octanol–water partition coefficient (Wildman–Crippen LogP) is 4.08.